The van der Waals surface area contributed by atoms with E-state index in [0.717, 1.165) is 30.2 Å². The van der Waals surface area contributed by atoms with Crippen LogP contribution < -0.4 is 15.0 Å². The van der Waals surface area contributed by atoms with Gasteiger partial charge in [-0.15, -0.1) is 0 Å². The Kier molecular flexibility index (Phi) is 8.86. The number of nitrogens with one attached hydrogen (secondary N) is 1. The quantitative estimate of drug-likeness (QED) is 0.297. The average Bonchev–Trinajstić information content (AvgIpc) is 2.90. The number of likely N-dealkylation sites (N-methyl/N-ethyl adjacent to an activating group) is 1. The Labute approximate surface area is 213 Å². The van der Waals surface area contributed by atoms with E-state index >= 15 is 0 Å². The number of rotatable bonds is 12. The van der Waals surface area contributed by atoms with E-state index in [4.69, 9.17) is 9.72 Å². The molecule has 1 atom stereocenters. The van der Waals surface area contributed by atoms with Crippen LogP contribution in [0.3, 0.4) is 0 Å². The summed E-state index contributed by atoms with van der Waals surface area (Å²) in [5, 5.41) is 13.3. The van der Waals surface area contributed by atoms with Crippen molar-refractivity contribution in [3.05, 3.63) is 103 Å². The Hall–Kier alpha value is -3.94. The zero-order valence-electron chi connectivity index (χ0n) is 20.8. The van der Waals surface area contributed by atoms with E-state index < -0.39 is 6.10 Å². The summed E-state index contributed by atoms with van der Waals surface area (Å²) in [6.45, 7) is 1.59. The van der Waals surface area contributed by atoms with Gasteiger partial charge in [-0.05, 0) is 68.5 Å². The van der Waals surface area contributed by atoms with E-state index in [0.29, 0.717) is 18.2 Å². The van der Waals surface area contributed by atoms with E-state index in [1.807, 2.05) is 73.6 Å². The molecule has 186 valence electrons. The maximum atomic E-state index is 9.99. The lowest BCUT2D eigenvalue weighted by atomic mass is 10.1. The molecule has 7 heteroatoms. The molecule has 1 unspecified atom stereocenters. The van der Waals surface area contributed by atoms with Gasteiger partial charge in [-0.3, -0.25) is 0 Å². The first-order chi connectivity index (χ1) is 17.6. The van der Waals surface area contributed by atoms with Crippen LogP contribution in [0.2, 0.25) is 0 Å². The van der Waals surface area contributed by atoms with Gasteiger partial charge in [0.25, 0.3) is 0 Å². The lowest BCUT2D eigenvalue weighted by molar-refractivity contribution is 0.0831. The van der Waals surface area contributed by atoms with Gasteiger partial charge in [-0.25, -0.2) is 4.98 Å². The van der Waals surface area contributed by atoms with Gasteiger partial charge in [0.15, 0.2) is 0 Å². The fourth-order valence-electron chi connectivity index (χ4n) is 3.86. The molecule has 0 spiro atoms. The molecule has 36 heavy (non-hydrogen) atoms. The molecule has 0 fully saturated rings. The van der Waals surface area contributed by atoms with Crippen molar-refractivity contribution >= 4 is 23.1 Å². The third-order valence-electron chi connectivity index (χ3n) is 5.58. The molecular weight excluding hydrogens is 450 g/mol. The predicted molar refractivity (Wildman–Crippen MR) is 145 cm³/mol. The van der Waals surface area contributed by atoms with E-state index in [9.17, 15) is 5.11 Å². The zero-order chi connectivity index (χ0) is 25.2. The average molecular weight is 484 g/mol. The highest BCUT2D eigenvalue weighted by molar-refractivity contribution is 5.62. The van der Waals surface area contributed by atoms with Crippen LogP contribution in [0, 0.1) is 0 Å². The summed E-state index contributed by atoms with van der Waals surface area (Å²) in [5.74, 6) is 2.04. The van der Waals surface area contributed by atoms with Crippen LogP contribution in [-0.4, -0.2) is 59.9 Å². The van der Waals surface area contributed by atoms with Crippen LogP contribution in [0.4, 0.5) is 23.1 Å². The molecule has 4 aromatic rings. The maximum absolute atomic E-state index is 9.99. The summed E-state index contributed by atoms with van der Waals surface area (Å²) in [7, 11) is 3.84. The summed E-state index contributed by atoms with van der Waals surface area (Å²) in [6.07, 6.45) is 2.13. The van der Waals surface area contributed by atoms with Gasteiger partial charge in [-0.1, -0.05) is 48.5 Å². The molecule has 1 heterocycles. The van der Waals surface area contributed by atoms with Crippen LogP contribution in [0.15, 0.2) is 97.2 Å². The van der Waals surface area contributed by atoms with E-state index in [-0.39, 0.29) is 6.61 Å². The van der Waals surface area contributed by atoms with Crippen molar-refractivity contribution in [3.8, 4) is 5.75 Å². The normalized spacial score (nSPS) is 11.8. The van der Waals surface area contributed by atoms with E-state index in [1.54, 1.807) is 6.20 Å². The number of aliphatic hydroxyl groups is 1. The van der Waals surface area contributed by atoms with Crippen LogP contribution >= 0.6 is 0 Å². The van der Waals surface area contributed by atoms with Gasteiger partial charge in [0.05, 0.1) is 0 Å². The molecule has 0 aliphatic rings. The second kappa shape index (κ2) is 12.7. The zero-order valence-corrected chi connectivity index (χ0v) is 20.8. The molecule has 7 nitrogen and oxygen atoms in total. The standard InChI is InChI=1S/C29H33N5O2/c1-33(2)21-26(35)22-36-27-15-13-24(14-16-27)31-29-30-19-17-28(32-29)34(25-11-7-4-8-12-25)20-18-23-9-5-3-6-10-23/h3-17,19,26,35H,18,20-22H2,1-2H3,(H,30,31,32). The first-order valence-corrected chi connectivity index (χ1v) is 12.1. The van der Waals surface area contributed by atoms with Crippen molar-refractivity contribution in [1.82, 2.24) is 14.9 Å². The van der Waals surface area contributed by atoms with Crippen LogP contribution in [0.1, 0.15) is 5.56 Å². The van der Waals surface area contributed by atoms with Crippen molar-refractivity contribution in [1.29, 1.82) is 0 Å². The molecule has 0 bridgehead atoms. The first-order valence-electron chi connectivity index (χ1n) is 12.1. The lowest BCUT2D eigenvalue weighted by Crippen LogP contribution is -2.30. The third kappa shape index (κ3) is 7.53. The Balaban J connectivity index is 1.44. The molecule has 0 saturated heterocycles. The van der Waals surface area contributed by atoms with Crippen molar-refractivity contribution in [2.45, 2.75) is 12.5 Å². The maximum Gasteiger partial charge on any atom is 0.229 e. The number of hydrogen-bond donors (Lipinski definition) is 2. The van der Waals surface area contributed by atoms with Gasteiger partial charge >= 0.3 is 0 Å². The monoisotopic (exact) mass is 483 g/mol. The number of ether oxygens (including phenoxy) is 1. The summed E-state index contributed by atoms with van der Waals surface area (Å²) >= 11 is 0. The van der Waals surface area contributed by atoms with E-state index in [1.165, 1.54) is 5.56 Å². The van der Waals surface area contributed by atoms with Crippen LogP contribution in [0.5, 0.6) is 5.75 Å². The van der Waals surface area contributed by atoms with E-state index in [2.05, 4.69) is 51.6 Å². The fraction of sp³-hybridized carbons (Fsp3) is 0.241. The Morgan fingerprint density at radius 3 is 2.28 bits per heavy atom. The smallest absolute Gasteiger partial charge is 0.229 e. The summed E-state index contributed by atoms with van der Waals surface area (Å²) in [6, 6.07) is 30.2. The van der Waals surface area contributed by atoms with Gasteiger partial charge in [0, 0.05) is 30.7 Å². The molecule has 3 aromatic carbocycles. The SMILES string of the molecule is CN(C)CC(O)COc1ccc(Nc2nccc(N(CCc3ccccc3)c3ccccc3)n2)cc1. The molecular formula is C29H33N5O2. The molecule has 0 radical (unpaired) electrons. The van der Waals surface area contributed by atoms with Gasteiger partial charge in [0.2, 0.25) is 5.95 Å². The highest BCUT2D eigenvalue weighted by atomic mass is 16.5. The molecule has 0 aliphatic heterocycles. The minimum atomic E-state index is -0.539. The number of para-hydroxylation sites is 1. The Morgan fingerprint density at radius 2 is 1.58 bits per heavy atom. The van der Waals surface area contributed by atoms with Gasteiger partial charge in [-0.2, -0.15) is 4.98 Å². The highest BCUT2D eigenvalue weighted by Gasteiger charge is 2.12. The molecule has 4 rings (SSSR count). The summed E-state index contributed by atoms with van der Waals surface area (Å²) in [4.78, 5) is 13.4. The molecule has 0 amide bonds. The second-order valence-electron chi connectivity index (χ2n) is 8.84. The van der Waals surface area contributed by atoms with Crippen molar-refractivity contribution < 1.29 is 9.84 Å². The largest absolute Gasteiger partial charge is 0.491 e. The Morgan fingerprint density at radius 1 is 0.889 bits per heavy atom. The number of nitrogens with zero attached hydrogens (tertiary/aromatic N) is 4. The lowest BCUT2D eigenvalue weighted by Gasteiger charge is -2.24. The van der Waals surface area contributed by atoms with Gasteiger partial charge < -0.3 is 25.0 Å². The number of aromatic nitrogens is 2. The minimum absolute atomic E-state index is 0.244. The Bertz CT molecular complexity index is 1190. The number of anilines is 4. The number of benzene rings is 3. The topological polar surface area (TPSA) is 73.8 Å². The van der Waals surface area contributed by atoms with Gasteiger partial charge in [0.1, 0.15) is 24.3 Å². The van der Waals surface area contributed by atoms with Crippen LogP contribution in [-0.2, 0) is 6.42 Å². The van der Waals surface area contributed by atoms with Crippen LogP contribution in [0.25, 0.3) is 0 Å². The van der Waals surface area contributed by atoms with Crippen molar-refractivity contribution in [2.75, 3.05) is 44.0 Å². The molecule has 0 saturated carbocycles. The minimum Gasteiger partial charge on any atom is -0.491 e. The summed E-state index contributed by atoms with van der Waals surface area (Å²) < 4.78 is 5.69. The van der Waals surface area contributed by atoms with Crippen molar-refractivity contribution in [3.63, 3.8) is 0 Å². The second-order valence-corrected chi connectivity index (χ2v) is 8.84. The predicted octanol–water partition coefficient (Wildman–Crippen LogP) is 4.90. The molecule has 1 aromatic heterocycles. The molecule has 2 N–H and O–H groups in total. The highest BCUT2D eigenvalue weighted by Crippen LogP contribution is 2.25. The fourth-order valence-corrected chi connectivity index (χ4v) is 3.86. The molecule has 0 aliphatic carbocycles. The number of aliphatic hydroxyl groups excluding tert-OH is 1. The third-order valence-corrected chi connectivity index (χ3v) is 5.58. The summed E-state index contributed by atoms with van der Waals surface area (Å²) in [5.41, 5.74) is 3.21. The number of hydrogen-bond acceptors (Lipinski definition) is 7. The first kappa shape index (κ1) is 25.2. The van der Waals surface area contributed by atoms with Crippen molar-refractivity contribution in [2.24, 2.45) is 0 Å².